The van der Waals surface area contributed by atoms with Crippen molar-refractivity contribution in [2.24, 2.45) is 0 Å². The minimum Gasteiger partial charge on any atom is -0.396 e. The van der Waals surface area contributed by atoms with Crippen molar-refractivity contribution >= 4 is 0 Å². The summed E-state index contributed by atoms with van der Waals surface area (Å²) in [6, 6.07) is 0.518. The average molecular weight is 145 g/mol. The number of hydrogen-bond acceptors (Lipinski definition) is 2. The molecule has 0 spiro atoms. The minimum atomic E-state index is 0.301. The molecule has 10 heavy (non-hydrogen) atoms. The first kappa shape index (κ1) is 9.92. The van der Waals surface area contributed by atoms with Gasteiger partial charge in [-0.2, -0.15) is 0 Å². The van der Waals surface area contributed by atoms with Crippen LogP contribution in [0.3, 0.4) is 0 Å². The molecule has 0 aromatic heterocycles. The number of aliphatic hydroxyl groups excluding tert-OH is 1. The van der Waals surface area contributed by atoms with Gasteiger partial charge in [0.05, 0.1) is 0 Å². The van der Waals surface area contributed by atoms with Crippen LogP contribution in [0.2, 0.25) is 0 Å². The molecule has 0 fully saturated rings. The number of hydrogen-bond donors (Lipinski definition) is 2. The Morgan fingerprint density at radius 1 is 1.40 bits per heavy atom. The fraction of sp³-hybridized carbons (Fsp3) is 1.00. The zero-order valence-electron chi connectivity index (χ0n) is 7.06. The van der Waals surface area contributed by atoms with Crippen molar-refractivity contribution < 1.29 is 5.11 Å². The lowest BCUT2D eigenvalue weighted by atomic mass is 10.1. The van der Waals surface area contributed by atoms with E-state index in [4.69, 9.17) is 5.11 Å². The van der Waals surface area contributed by atoms with Gasteiger partial charge in [-0.3, -0.25) is 0 Å². The maximum atomic E-state index is 8.63. The standard InChI is InChI=1S/C8H19NO/c1-3-6-9-8(4-2)5-7-10/h8-10H,3-7H2,1-2H3. The summed E-state index contributed by atoms with van der Waals surface area (Å²) >= 11 is 0. The highest BCUT2D eigenvalue weighted by atomic mass is 16.3. The normalized spacial score (nSPS) is 13.5. The highest BCUT2D eigenvalue weighted by Crippen LogP contribution is 1.95. The molecule has 0 aromatic rings. The summed E-state index contributed by atoms with van der Waals surface area (Å²) in [5.74, 6) is 0. The fourth-order valence-electron chi connectivity index (χ4n) is 0.955. The van der Waals surface area contributed by atoms with Crippen LogP contribution in [0.25, 0.3) is 0 Å². The highest BCUT2D eigenvalue weighted by Gasteiger charge is 2.01. The van der Waals surface area contributed by atoms with Crippen molar-refractivity contribution in [3.05, 3.63) is 0 Å². The zero-order chi connectivity index (χ0) is 7.82. The fourth-order valence-corrected chi connectivity index (χ4v) is 0.955. The van der Waals surface area contributed by atoms with E-state index >= 15 is 0 Å². The third kappa shape index (κ3) is 4.77. The summed E-state index contributed by atoms with van der Waals surface area (Å²) in [6.45, 7) is 5.66. The monoisotopic (exact) mass is 145 g/mol. The molecule has 0 saturated carbocycles. The van der Waals surface area contributed by atoms with Gasteiger partial charge in [0.2, 0.25) is 0 Å². The van der Waals surface area contributed by atoms with E-state index in [9.17, 15) is 0 Å². The third-order valence-electron chi connectivity index (χ3n) is 1.65. The molecule has 2 heteroatoms. The number of rotatable bonds is 6. The van der Waals surface area contributed by atoms with Crippen molar-refractivity contribution in [1.29, 1.82) is 0 Å². The molecule has 1 unspecified atom stereocenters. The summed E-state index contributed by atoms with van der Waals surface area (Å²) in [7, 11) is 0. The van der Waals surface area contributed by atoms with Gasteiger partial charge in [0.15, 0.2) is 0 Å². The Kier molecular flexibility index (Phi) is 6.98. The predicted octanol–water partition coefficient (Wildman–Crippen LogP) is 1.15. The first-order valence-electron chi connectivity index (χ1n) is 4.19. The van der Waals surface area contributed by atoms with E-state index in [-0.39, 0.29) is 0 Å². The van der Waals surface area contributed by atoms with Crippen LogP contribution in [-0.2, 0) is 0 Å². The van der Waals surface area contributed by atoms with E-state index in [0.717, 1.165) is 19.4 Å². The molecule has 0 heterocycles. The van der Waals surface area contributed by atoms with E-state index in [1.54, 1.807) is 0 Å². The third-order valence-corrected chi connectivity index (χ3v) is 1.65. The molecular weight excluding hydrogens is 126 g/mol. The van der Waals surface area contributed by atoms with Crippen molar-refractivity contribution in [2.45, 2.75) is 39.2 Å². The SMILES string of the molecule is CCCNC(CC)CCO. The smallest absolute Gasteiger partial charge is 0.0445 e. The largest absolute Gasteiger partial charge is 0.396 e. The zero-order valence-corrected chi connectivity index (χ0v) is 7.06. The van der Waals surface area contributed by atoms with Gasteiger partial charge in [0.25, 0.3) is 0 Å². The Balaban J connectivity index is 3.21. The molecule has 2 N–H and O–H groups in total. The Labute approximate surface area is 63.6 Å². The molecule has 0 radical (unpaired) electrons. The molecule has 0 bridgehead atoms. The number of nitrogens with one attached hydrogen (secondary N) is 1. The molecule has 1 atom stereocenters. The second-order valence-electron chi connectivity index (χ2n) is 2.57. The second-order valence-corrected chi connectivity index (χ2v) is 2.57. The first-order valence-corrected chi connectivity index (χ1v) is 4.19. The molecule has 0 rings (SSSR count). The molecular formula is C8H19NO. The van der Waals surface area contributed by atoms with Gasteiger partial charge < -0.3 is 10.4 Å². The summed E-state index contributed by atoms with van der Waals surface area (Å²) in [5.41, 5.74) is 0. The Hall–Kier alpha value is -0.0800. The average Bonchev–Trinajstić information content (AvgIpc) is 1.98. The molecule has 0 amide bonds. The van der Waals surface area contributed by atoms with Crippen LogP contribution in [0, 0.1) is 0 Å². The lowest BCUT2D eigenvalue weighted by Gasteiger charge is -2.14. The molecule has 2 nitrogen and oxygen atoms in total. The van der Waals surface area contributed by atoms with E-state index in [1.165, 1.54) is 6.42 Å². The highest BCUT2D eigenvalue weighted by molar-refractivity contribution is 4.62. The molecule has 0 saturated heterocycles. The quantitative estimate of drug-likeness (QED) is 0.587. The van der Waals surface area contributed by atoms with Gasteiger partial charge in [-0.1, -0.05) is 13.8 Å². The molecule has 0 aromatic carbocycles. The van der Waals surface area contributed by atoms with Gasteiger partial charge in [0.1, 0.15) is 0 Å². The minimum absolute atomic E-state index is 0.301. The summed E-state index contributed by atoms with van der Waals surface area (Å²) in [6.07, 6.45) is 3.17. The molecule has 0 aliphatic carbocycles. The maximum Gasteiger partial charge on any atom is 0.0445 e. The number of aliphatic hydroxyl groups is 1. The Bertz CT molecular complexity index is 66.3. The van der Waals surface area contributed by atoms with Gasteiger partial charge >= 0.3 is 0 Å². The van der Waals surface area contributed by atoms with Crippen molar-refractivity contribution in [3.8, 4) is 0 Å². The van der Waals surface area contributed by atoms with Crippen molar-refractivity contribution in [2.75, 3.05) is 13.2 Å². The summed E-state index contributed by atoms with van der Waals surface area (Å²) < 4.78 is 0. The van der Waals surface area contributed by atoms with Gasteiger partial charge in [0, 0.05) is 12.6 Å². The van der Waals surface area contributed by atoms with Crippen LogP contribution < -0.4 is 5.32 Å². The van der Waals surface area contributed by atoms with E-state index in [1.807, 2.05) is 0 Å². The Morgan fingerprint density at radius 3 is 2.50 bits per heavy atom. The van der Waals surface area contributed by atoms with Crippen LogP contribution >= 0.6 is 0 Å². The van der Waals surface area contributed by atoms with E-state index in [2.05, 4.69) is 19.2 Å². The van der Waals surface area contributed by atoms with Crippen LogP contribution in [-0.4, -0.2) is 24.3 Å². The van der Waals surface area contributed by atoms with Gasteiger partial charge in [-0.25, -0.2) is 0 Å². The summed E-state index contributed by atoms with van der Waals surface area (Å²) in [5, 5.41) is 12.0. The topological polar surface area (TPSA) is 32.3 Å². The van der Waals surface area contributed by atoms with Crippen LogP contribution in [0.15, 0.2) is 0 Å². The molecule has 62 valence electrons. The van der Waals surface area contributed by atoms with Crippen molar-refractivity contribution in [3.63, 3.8) is 0 Å². The molecule has 0 aliphatic heterocycles. The van der Waals surface area contributed by atoms with E-state index in [0.29, 0.717) is 12.6 Å². The van der Waals surface area contributed by atoms with Crippen molar-refractivity contribution in [1.82, 2.24) is 5.32 Å². The van der Waals surface area contributed by atoms with Gasteiger partial charge in [-0.05, 0) is 25.8 Å². The van der Waals surface area contributed by atoms with Crippen LogP contribution in [0.1, 0.15) is 33.1 Å². The second kappa shape index (κ2) is 7.03. The lowest BCUT2D eigenvalue weighted by molar-refractivity contribution is 0.262. The molecule has 0 aliphatic rings. The predicted molar refractivity (Wildman–Crippen MR) is 44.1 cm³/mol. The van der Waals surface area contributed by atoms with Crippen LogP contribution in [0.4, 0.5) is 0 Å². The summed E-state index contributed by atoms with van der Waals surface area (Å²) in [4.78, 5) is 0. The maximum absolute atomic E-state index is 8.63. The lowest BCUT2D eigenvalue weighted by Crippen LogP contribution is -2.29. The van der Waals surface area contributed by atoms with Gasteiger partial charge in [-0.15, -0.1) is 0 Å². The van der Waals surface area contributed by atoms with Crippen LogP contribution in [0.5, 0.6) is 0 Å². The Morgan fingerprint density at radius 2 is 2.10 bits per heavy atom. The first-order chi connectivity index (χ1) is 4.85. The van der Waals surface area contributed by atoms with E-state index < -0.39 is 0 Å².